The quantitative estimate of drug-likeness (QED) is 0.287. The van der Waals surface area contributed by atoms with Crippen molar-refractivity contribution in [1.29, 1.82) is 0 Å². The minimum atomic E-state index is -0.0879. The number of nitrogens with one attached hydrogen (secondary N) is 1. The molecule has 0 bridgehead atoms. The van der Waals surface area contributed by atoms with E-state index in [0.29, 0.717) is 12.0 Å². The van der Waals surface area contributed by atoms with Gasteiger partial charge in [0, 0.05) is 36.6 Å². The summed E-state index contributed by atoms with van der Waals surface area (Å²) in [5.41, 5.74) is 1.37. The highest BCUT2D eigenvalue weighted by atomic mass is 127. The average Bonchev–Trinajstić information content (AvgIpc) is 3.39. The van der Waals surface area contributed by atoms with Crippen molar-refractivity contribution in [2.75, 3.05) is 27.2 Å². The number of carbonyl (C=O) groups excluding carboxylic acids is 1. The van der Waals surface area contributed by atoms with Crippen molar-refractivity contribution in [2.45, 2.75) is 31.2 Å². The Morgan fingerprint density at radius 1 is 1.28 bits per heavy atom. The first-order chi connectivity index (χ1) is 11.6. The number of methoxy groups -OCH3 is 1. The summed E-state index contributed by atoms with van der Waals surface area (Å²) in [5, 5.41) is 3.58. The largest absolute Gasteiger partial charge is 0.469 e. The number of carbonyl (C=O) groups is 1. The molecular weight excluding hydrogens is 497 g/mol. The van der Waals surface area contributed by atoms with Gasteiger partial charge in [-0.1, -0.05) is 28.1 Å². The summed E-state index contributed by atoms with van der Waals surface area (Å²) in [6, 6.07) is 9.00. The van der Waals surface area contributed by atoms with Gasteiger partial charge in [0.1, 0.15) is 0 Å². The van der Waals surface area contributed by atoms with Gasteiger partial charge in [0.25, 0.3) is 0 Å². The second kappa shape index (κ2) is 9.21. The van der Waals surface area contributed by atoms with E-state index in [9.17, 15) is 4.79 Å². The van der Waals surface area contributed by atoms with Crippen LogP contribution in [0.1, 0.15) is 30.7 Å². The lowest BCUT2D eigenvalue weighted by atomic mass is 9.97. The molecule has 1 heterocycles. The normalized spacial score (nSPS) is 23.6. The zero-order valence-corrected chi connectivity index (χ0v) is 18.5. The van der Waals surface area contributed by atoms with Crippen LogP contribution in [0.25, 0.3) is 0 Å². The number of nitrogens with zero attached hydrogens (tertiary/aromatic N) is 2. The molecule has 2 fully saturated rings. The lowest BCUT2D eigenvalue weighted by molar-refractivity contribution is -0.146. The number of halogens is 2. The number of ether oxygens (including phenoxy) is 1. The molecule has 2 unspecified atom stereocenters. The van der Waals surface area contributed by atoms with E-state index in [2.05, 4.69) is 55.4 Å². The Morgan fingerprint density at radius 3 is 2.48 bits per heavy atom. The van der Waals surface area contributed by atoms with Crippen LogP contribution < -0.4 is 5.32 Å². The van der Waals surface area contributed by atoms with Crippen LogP contribution in [-0.2, 0) is 9.53 Å². The highest BCUT2D eigenvalue weighted by Gasteiger charge is 2.40. The minimum Gasteiger partial charge on any atom is -0.469 e. The smallest absolute Gasteiger partial charge is 0.308 e. The molecule has 25 heavy (non-hydrogen) atoms. The Balaban J connectivity index is 0.00000225. The SMILES string of the molecule is CN=C(NC1CC1c1ccc(Br)cc1)N1CCC(C(=O)OC)CC1.I. The first kappa shape index (κ1) is 20.5. The van der Waals surface area contributed by atoms with Crippen LogP contribution in [0.3, 0.4) is 0 Å². The molecule has 1 saturated heterocycles. The highest BCUT2D eigenvalue weighted by Crippen LogP contribution is 2.41. The fourth-order valence-corrected chi connectivity index (χ4v) is 3.65. The number of aliphatic imine (C=N–C) groups is 1. The Kier molecular flexibility index (Phi) is 7.54. The molecule has 0 spiro atoms. The van der Waals surface area contributed by atoms with E-state index >= 15 is 0 Å². The van der Waals surface area contributed by atoms with Gasteiger partial charge in [0.05, 0.1) is 13.0 Å². The predicted molar refractivity (Wildman–Crippen MR) is 114 cm³/mol. The van der Waals surface area contributed by atoms with E-state index in [1.807, 2.05) is 7.05 Å². The third-order valence-electron chi connectivity index (χ3n) is 4.94. The molecule has 5 nitrogen and oxygen atoms in total. The van der Waals surface area contributed by atoms with Crippen LogP contribution in [0.4, 0.5) is 0 Å². The highest BCUT2D eigenvalue weighted by molar-refractivity contribution is 14.0. The number of hydrogen-bond acceptors (Lipinski definition) is 3. The molecule has 138 valence electrons. The number of rotatable bonds is 3. The van der Waals surface area contributed by atoms with Gasteiger partial charge >= 0.3 is 5.97 Å². The zero-order chi connectivity index (χ0) is 17.1. The molecule has 0 radical (unpaired) electrons. The first-order valence-corrected chi connectivity index (χ1v) is 9.23. The molecule has 1 aromatic carbocycles. The van der Waals surface area contributed by atoms with E-state index in [-0.39, 0.29) is 35.9 Å². The van der Waals surface area contributed by atoms with Gasteiger partial charge in [-0.05, 0) is 37.0 Å². The maximum Gasteiger partial charge on any atom is 0.308 e. The van der Waals surface area contributed by atoms with Crippen molar-refractivity contribution < 1.29 is 9.53 Å². The fourth-order valence-electron chi connectivity index (χ4n) is 3.39. The van der Waals surface area contributed by atoms with Crippen molar-refractivity contribution >= 4 is 51.8 Å². The number of esters is 1. The van der Waals surface area contributed by atoms with E-state index in [1.165, 1.54) is 12.7 Å². The van der Waals surface area contributed by atoms with Gasteiger partial charge in [0.2, 0.25) is 0 Å². The molecule has 2 aliphatic rings. The number of likely N-dealkylation sites (tertiary alicyclic amines) is 1. The maximum atomic E-state index is 11.6. The summed E-state index contributed by atoms with van der Waals surface area (Å²) in [4.78, 5) is 18.3. The zero-order valence-electron chi connectivity index (χ0n) is 14.6. The van der Waals surface area contributed by atoms with E-state index in [0.717, 1.165) is 42.8 Å². The van der Waals surface area contributed by atoms with E-state index < -0.39 is 0 Å². The first-order valence-electron chi connectivity index (χ1n) is 8.44. The van der Waals surface area contributed by atoms with E-state index in [4.69, 9.17) is 4.74 Å². The fraction of sp³-hybridized carbons (Fsp3) is 0.556. The topological polar surface area (TPSA) is 53.9 Å². The molecule has 7 heteroatoms. The van der Waals surface area contributed by atoms with Crippen molar-refractivity contribution in [3.63, 3.8) is 0 Å². The summed E-state index contributed by atoms with van der Waals surface area (Å²) in [6.45, 7) is 1.68. The summed E-state index contributed by atoms with van der Waals surface area (Å²) in [7, 11) is 3.29. The molecule has 1 aromatic rings. The predicted octanol–water partition coefficient (Wildman–Crippen LogP) is 3.38. The van der Waals surface area contributed by atoms with Crippen molar-refractivity contribution in [3.8, 4) is 0 Å². The molecule has 1 N–H and O–H groups in total. The average molecular weight is 522 g/mol. The Hall–Kier alpha value is -0.830. The Morgan fingerprint density at radius 2 is 1.92 bits per heavy atom. The number of benzene rings is 1. The van der Waals surface area contributed by atoms with E-state index in [1.54, 1.807) is 0 Å². The Labute approximate surface area is 174 Å². The van der Waals surface area contributed by atoms with Crippen LogP contribution in [0.2, 0.25) is 0 Å². The summed E-state index contributed by atoms with van der Waals surface area (Å²) in [6.07, 6.45) is 2.79. The number of guanidine groups is 1. The minimum absolute atomic E-state index is 0. The molecule has 1 aliphatic carbocycles. The lowest BCUT2D eigenvalue weighted by Crippen LogP contribution is -2.47. The third-order valence-corrected chi connectivity index (χ3v) is 5.47. The van der Waals surface area contributed by atoms with Gasteiger partial charge in [0.15, 0.2) is 5.96 Å². The Bertz CT molecular complexity index is 615. The molecule has 0 amide bonds. The molecule has 1 saturated carbocycles. The summed E-state index contributed by atoms with van der Waals surface area (Å²) < 4.78 is 5.96. The molecule has 2 atom stereocenters. The van der Waals surface area contributed by atoms with Gasteiger partial charge < -0.3 is 15.0 Å². The third kappa shape index (κ3) is 5.09. The molecule has 3 rings (SSSR count). The van der Waals surface area contributed by atoms with Crippen LogP contribution >= 0.6 is 39.9 Å². The van der Waals surface area contributed by atoms with Gasteiger partial charge in [-0.3, -0.25) is 9.79 Å². The van der Waals surface area contributed by atoms with Crippen LogP contribution in [0, 0.1) is 5.92 Å². The molecule has 0 aromatic heterocycles. The van der Waals surface area contributed by atoms with Gasteiger partial charge in [-0.2, -0.15) is 0 Å². The van der Waals surface area contributed by atoms with Crippen LogP contribution in [-0.4, -0.2) is 50.1 Å². The van der Waals surface area contributed by atoms with Crippen LogP contribution in [0.15, 0.2) is 33.7 Å². The summed E-state index contributed by atoms with van der Waals surface area (Å²) >= 11 is 3.48. The summed E-state index contributed by atoms with van der Waals surface area (Å²) in [5.74, 6) is 1.45. The van der Waals surface area contributed by atoms with Crippen molar-refractivity contribution in [1.82, 2.24) is 10.2 Å². The van der Waals surface area contributed by atoms with Crippen molar-refractivity contribution in [3.05, 3.63) is 34.3 Å². The standard InChI is InChI=1S/C18H24BrN3O2.HI/c1-20-18(22-9-7-13(8-10-22)17(23)24-2)21-16-11-15(16)12-3-5-14(19)6-4-12;/h3-6,13,15-16H,7-11H2,1-2H3,(H,20,21);1H. The monoisotopic (exact) mass is 521 g/mol. The maximum absolute atomic E-state index is 11.6. The van der Waals surface area contributed by atoms with Crippen LogP contribution in [0.5, 0.6) is 0 Å². The number of hydrogen-bond donors (Lipinski definition) is 1. The van der Waals surface area contributed by atoms with Gasteiger partial charge in [-0.25, -0.2) is 0 Å². The number of piperidine rings is 1. The van der Waals surface area contributed by atoms with Gasteiger partial charge in [-0.15, -0.1) is 24.0 Å². The molecule has 1 aliphatic heterocycles. The molecular formula is C18H25BrIN3O2. The van der Waals surface area contributed by atoms with Crippen molar-refractivity contribution in [2.24, 2.45) is 10.9 Å². The lowest BCUT2D eigenvalue weighted by Gasteiger charge is -2.33. The second-order valence-electron chi connectivity index (χ2n) is 6.48. The second-order valence-corrected chi connectivity index (χ2v) is 7.39.